The molecule has 0 aliphatic rings. The Kier molecular flexibility index (Phi) is 7.12. The number of rotatable bonds is 9. The van der Waals surface area contributed by atoms with Crippen LogP contribution in [0.4, 0.5) is 0 Å². The smallest absolute Gasteiger partial charge is 0.127 e. The van der Waals surface area contributed by atoms with Gasteiger partial charge in [0, 0.05) is 17.5 Å². The summed E-state index contributed by atoms with van der Waals surface area (Å²) >= 11 is 0. The number of pyridine rings is 1. The molecule has 1 aromatic carbocycles. The molecule has 0 fully saturated rings. The number of aryl methyl sites for hydroxylation is 2. The summed E-state index contributed by atoms with van der Waals surface area (Å²) in [5.41, 5.74) is 4.67. The fraction of sp³-hybridized carbons (Fsp3) is 0.476. The summed E-state index contributed by atoms with van der Waals surface area (Å²) in [6.07, 6.45) is 9.58. The van der Waals surface area contributed by atoms with Crippen LogP contribution < -0.4 is 4.74 Å². The predicted molar refractivity (Wildman–Crippen MR) is 98.0 cm³/mol. The van der Waals surface area contributed by atoms with Crippen LogP contribution in [0, 0.1) is 13.8 Å². The van der Waals surface area contributed by atoms with Crippen molar-refractivity contribution in [2.24, 2.45) is 0 Å². The van der Waals surface area contributed by atoms with E-state index in [1.54, 1.807) is 0 Å². The molecule has 0 atom stereocenters. The fourth-order valence-corrected chi connectivity index (χ4v) is 2.90. The van der Waals surface area contributed by atoms with Crippen LogP contribution in [-0.2, 0) is 0 Å². The molecule has 1 heterocycles. The molecule has 2 nitrogen and oxygen atoms in total. The lowest BCUT2D eigenvalue weighted by Gasteiger charge is -2.14. The van der Waals surface area contributed by atoms with Gasteiger partial charge in [-0.1, -0.05) is 51.2 Å². The van der Waals surface area contributed by atoms with E-state index < -0.39 is 0 Å². The number of hydrogen-bond acceptors (Lipinski definition) is 2. The van der Waals surface area contributed by atoms with Crippen LogP contribution in [0.3, 0.4) is 0 Å². The first-order chi connectivity index (χ1) is 11.2. The highest BCUT2D eigenvalue weighted by molar-refractivity contribution is 5.73. The van der Waals surface area contributed by atoms with E-state index in [1.807, 2.05) is 13.1 Å². The maximum Gasteiger partial charge on any atom is 0.127 e. The normalized spacial score (nSPS) is 10.7. The summed E-state index contributed by atoms with van der Waals surface area (Å²) in [5, 5.41) is 0. The van der Waals surface area contributed by atoms with Crippen LogP contribution in [0.2, 0.25) is 0 Å². The van der Waals surface area contributed by atoms with Gasteiger partial charge in [0.1, 0.15) is 5.75 Å². The third-order valence-electron chi connectivity index (χ3n) is 4.18. The maximum absolute atomic E-state index is 6.10. The van der Waals surface area contributed by atoms with Crippen molar-refractivity contribution in [1.29, 1.82) is 0 Å². The minimum atomic E-state index is 0.798. The molecule has 0 spiro atoms. The molecule has 0 amide bonds. The van der Waals surface area contributed by atoms with E-state index in [9.17, 15) is 0 Å². The van der Waals surface area contributed by atoms with E-state index in [2.05, 4.69) is 49.2 Å². The Balaban J connectivity index is 1.98. The monoisotopic (exact) mass is 311 g/mol. The van der Waals surface area contributed by atoms with Crippen molar-refractivity contribution in [2.75, 3.05) is 6.61 Å². The van der Waals surface area contributed by atoms with E-state index in [0.29, 0.717) is 0 Å². The van der Waals surface area contributed by atoms with Gasteiger partial charge >= 0.3 is 0 Å². The third kappa shape index (κ3) is 5.38. The van der Waals surface area contributed by atoms with E-state index in [0.717, 1.165) is 24.5 Å². The standard InChI is InChI=1S/C21H29NO/c1-4-5-6-7-8-9-15-23-20-12-10-11-17(2)21(20)19-13-14-22-18(3)16-19/h10-14,16H,4-9,15H2,1-3H3. The van der Waals surface area contributed by atoms with Gasteiger partial charge in [-0.15, -0.1) is 0 Å². The maximum atomic E-state index is 6.10. The number of nitrogens with zero attached hydrogens (tertiary/aromatic N) is 1. The molecule has 0 unspecified atom stereocenters. The van der Waals surface area contributed by atoms with Gasteiger partial charge in [-0.25, -0.2) is 0 Å². The Morgan fingerprint density at radius 2 is 1.74 bits per heavy atom. The Hall–Kier alpha value is -1.83. The molecule has 0 saturated heterocycles. The molecule has 0 aliphatic heterocycles. The highest BCUT2D eigenvalue weighted by atomic mass is 16.5. The minimum absolute atomic E-state index is 0.798. The first kappa shape index (κ1) is 17.5. The first-order valence-corrected chi connectivity index (χ1v) is 8.88. The molecule has 0 radical (unpaired) electrons. The average Bonchev–Trinajstić information content (AvgIpc) is 2.54. The van der Waals surface area contributed by atoms with Crippen molar-refractivity contribution in [2.45, 2.75) is 59.3 Å². The van der Waals surface area contributed by atoms with Gasteiger partial charge in [0.15, 0.2) is 0 Å². The van der Waals surface area contributed by atoms with E-state index >= 15 is 0 Å². The van der Waals surface area contributed by atoms with Crippen molar-refractivity contribution in [3.8, 4) is 16.9 Å². The second kappa shape index (κ2) is 9.34. The zero-order valence-electron chi connectivity index (χ0n) is 14.8. The summed E-state index contributed by atoms with van der Waals surface area (Å²) in [7, 11) is 0. The quantitative estimate of drug-likeness (QED) is 0.522. The molecule has 124 valence electrons. The van der Waals surface area contributed by atoms with Crippen LogP contribution in [0.1, 0.15) is 56.7 Å². The highest BCUT2D eigenvalue weighted by Crippen LogP contribution is 2.33. The Morgan fingerprint density at radius 1 is 0.957 bits per heavy atom. The lowest BCUT2D eigenvalue weighted by molar-refractivity contribution is 0.305. The van der Waals surface area contributed by atoms with Gasteiger partial charge < -0.3 is 4.74 Å². The van der Waals surface area contributed by atoms with Crippen molar-refractivity contribution in [1.82, 2.24) is 4.98 Å². The van der Waals surface area contributed by atoms with Gasteiger partial charge in [-0.3, -0.25) is 4.98 Å². The van der Waals surface area contributed by atoms with Crippen molar-refractivity contribution in [3.63, 3.8) is 0 Å². The summed E-state index contributed by atoms with van der Waals surface area (Å²) in [4.78, 5) is 4.29. The number of unbranched alkanes of at least 4 members (excludes halogenated alkanes) is 5. The van der Waals surface area contributed by atoms with Gasteiger partial charge in [0.2, 0.25) is 0 Å². The van der Waals surface area contributed by atoms with Crippen molar-refractivity contribution < 1.29 is 4.74 Å². The molecule has 2 aromatic rings. The van der Waals surface area contributed by atoms with Crippen molar-refractivity contribution in [3.05, 3.63) is 47.8 Å². The molecule has 2 heteroatoms. The summed E-state index contributed by atoms with van der Waals surface area (Å²) in [5.74, 6) is 0.990. The molecule has 23 heavy (non-hydrogen) atoms. The second-order valence-corrected chi connectivity index (χ2v) is 6.25. The molecule has 0 N–H and O–H groups in total. The molecule has 0 aliphatic carbocycles. The van der Waals surface area contributed by atoms with Gasteiger partial charge in [0.05, 0.1) is 6.61 Å². The second-order valence-electron chi connectivity index (χ2n) is 6.25. The largest absolute Gasteiger partial charge is 0.493 e. The molecule has 0 saturated carbocycles. The predicted octanol–water partition coefficient (Wildman–Crippen LogP) is 6.10. The number of benzene rings is 1. The minimum Gasteiger partial charge on any atom is -0.493 e. The third-order valence-corrected chi connectivity index (χ3v) is 4.18. The fourth-order valence-electron chi connectivity index (χ4n) is 2.90. The molecular formula is C21H29NO. The zero-order chi connectivity index (χ0) is 16.5. The van der Waals surface area contributed by atoms with Gasteiger partial charge in [0.25, 0.3) is 0 Å². The number of hydrogen-bond donors (Lipinski definition) is 0. The average molecular weight is 311 g/mol. The Bertz CT molecular complexity index is 607. The number of ether oxygens (including phenoxy) is 1. The summed E-state index contributed by atoms with van der Waals surface area (Å²) < 4.78 is 6.10. The van der Waals surface area contributed by atoms with Crippen molar-refractivity contribution >= 4 is 0 Å². The van der Waals surface area contributed by atoms with Crippen LogP contribution in [-0.4, -0.2) is 11.6 Å². The lowest BCUT2D eigenvalue weighted by Crippen LogP contribution is -2.00. The molecular weight excluding hydrogens is 282 g/mol. The van der Waals surface area contributed by atoms with Crippen LogP contribution in [0.15, 0.2) is 36.5 Å². The molecule has 2 rings (SSSR count). The SMILES string of the molecule is CCCCCCCCOc1cccc(C)c1-c1ccnc(C)c1. The lowest BCUT2D eigenvalue weighted by atomic mass is 10.00. The molecule has 1 aromatic heterocycles. The van der Waals surface area contributed by atoms with E-state index in [1.165, 1.54) is 48.8 Å². The van der Waals surface area contributed by atoms with E-state index in [-0.39, 0.29) is 0 Å². The Labute approximate surface area is 140 Å². The van der Waals surface area contributed by atoms with Crippen LogP contribution in [0.25, 0.3) is 11.1 Å². The van der Waals surface area contributed by atoms with Crippen LogP contribution in [0.5, 0.6) is 5.75 Å². The number of aromatic nitrogens is 1. The van der Waals surface area contributed by atoms with Crippen LogP contribution >= 0.6 is 0 Å². The van der Waals surface area contributed by atoms with E-state index in [4.69, 9.17) is 4.74 Å². The molecule has 0 bridgehead atoms. The summed E-state index contributed by atoms with van der Waals surface area (Å²) in [6.45, 7) is 7.22. The summed E-state index contributed by atoms with van der Waals surface area (Å²) in [6, 6.07) is 10.5. The first-order valence-electron chi connectivity index (χ1n) is 8.88. The van der Waals surface area contributed by atoms with Gasteiger partial charge in [-0.2, -0.15) is 0 Å². The Morgan fingerprint density at radius 3 is 2.52 bits per heavy atom. The highest BCUT2D eigenvalue weighted by Gasteiger charge is 2.09. The van der Waals surface area contributed by atoms with Gasteiger partial charge in [-0.05, 0) is 49.6 Å². The zero-order valence-corrected chi connectivity index (χ0v) is 14.8. The topological polar surface area (TPSA) is 22.1 Å².